The van der Waals surface area contributed by atoms with Gasteiger partial charge in [-0.25, -0.2) is 0 Å². The largest absolute Gasteiger partial charge is 0.376 e. The molecular formula is C14H12N4O3. The van der Waals surface area contributed by atoms with E-state index in [1.54, 1.807) is 24.4 Å². The summed E-state index contributed by atoms with van der Waals surface area (Å²) in [5.41, 5.74) is 2.12. The molecule has 0 radical (unpaired) electrons. The van der Waals surface area contributed by atoms with Crippen molar-refractivity contribution in [2.45, 2.75) is 13.5 Å². The van der Waals surface area contributed by atoms with E-state index in [-0.39, 0.29) is 5.69 Å². The predicted octanol–water partition coefficient (Wildman–Crippen LogP) is 3.05. The first-order valence-electron chi connectivity index (χ1n) is 6.33. The second-order valence-corrected chi connectivity index (χ2v) is 4.58. The van der Waals surface area contributed by atoms with E-state index < -0.39 is 4.92 Å². The van der Waals surface area contributed by atoms with Crippen molar-refractivity contribution in [3.8, 4) is 0 Å². The summed E-state index contributed by atoms with van der Waals surface area (Å²) in [4.78, 5) is 14.9. The molecule has 1 aromatic carbocycles. The van der Waals surface area contributed by atoms with Gasteiger partial charge in [0.05, 0.1) is 28.2 Å². The molecule has 0 saturated carbocycles. The van der Waals surface area contributed by atoms with Crippen LogP contribution in [0.1, 0.15) is 11.5 Å². The van der Waals surface area contributed by atoms with Crippen molar-refractivity contribution in [2.75, 3.05) is 5.32 Å². The number of fused-ring (bicyclic) bond motifs is 1. The van der Waals surface area contributed by atoms with Gasteiger partial charge in [-0.15, -0.1) is 0 Å². The normalized spacial score (nSPS) is 10.7. The molecule has 0 amide bonds. The summed E-state index contributed by atoms with van der Waals surface area (Å²) in [6.45, 7) is 2.28. The number of nitrogens with one attached hydrogen (secondary N) is 1. The molecule has 0 aliphatic carbocycles. The molecule has 21 heavy (non-hydrogen) atoms. The van der Waals surface area contributed by atoms with E-state index in [0.717, 1.165) is 5.69 Å². The summed E-state index contributed by atoms with van der Waals surface area (Å²) in [6.07, 6.45) is 1.61. The first-order valence-corrected chi connectivity index (χ1v) is 6.33. The van der Waals surface area contributed by atoms with Crippen LogP contribution < -0.4 is 5.32 Å². The van der Waals surface area contributed by atoms with E-state index >= 15 is 0 Å². The number of pyridine rings is 1. The van der Waals surface area contributed by atoms with E-state index in [1.165, 1.54) is 6.07 Å². The molecule has 0 unspecified atom stereocenters. The lowest BCUT2D eigenvalue weighted by Gasteiger charge is -2.07. The number of nitro groups is 1. The number of non-ortho nitro benzene ring substituents is 1. The summed E-state index contributed by atoms with van der Waals surface area (Å²) < 4.78 is 5.12. The maximum atomic E-state index is 11.0. The Morgan fingerprint density at radius 3 is 2.95 bits per heavy atom. The number of rotatable bonds is 4. The number of aryl methyl sites for hydroxylation is 1. The average molecular weight is 284 g/mol. The number of hydrogen-bond donors (Lipinski definition) is 1. The Morgan fingerprint density at radius 1 is 1.38 bits per heavy atom. The first kappa shape index (κ1) is 13.0. The monoisotopic (exact) mass is 284 g/mol. The molecule has 3 rings (SSSR count). The van der Waals surface area contributed by atoms with Crippen LogP contribution in [0.25, 0.3) is 10.9 Å². The van der Waals surface area contributed by atoms with E-state index in [0.29, 0.717) is 28.9 Å². The lowest BCUT2D eigenvalue weighted by atomic mass is 10.1. The Hall–Kier alpha value is -2.96. The van der Waals surface area contributed by atoms with Crippen molar-refractivity contribution in [1.82, 2.24) is 10.1 Å². The molecule has 0 aliphatic heterocycles. The van der Waals surface area contributed by atoms with Crippen LogP contribution in [0, 0.1) is 17.0 Å². The number of anilines is 1. The van der Waals surface area contributed by atoms with Gasteiger partial charge in [-0.05, 0) is 25.1 Å². The van der Waals surface area contributed by atoms with E-state index in [4.69, 9.17) is 4.52 Å². The minimum absolute atomic E-state index is 0.0409. The van der Waals surface area contributed by atoms with Crippen LogP contribution in [-0.2, 0) is 6.54 Å². The molecule has 2 aromatic heterocycles. The van der Waals surface area contributed by atoms with Crippen LogP contribution in [0.15, 0.2) is 41.1 Å². The average Bonchev–Trinajstić information content (AvgIpc) is 2.90. The summed E-state index contributed by atoms with van der Waals surface area (Å²) >= 11 is 0. The Labute approximate surface area is 119 Å². The van der Waals surface area contributed by atoms with Gasteiger partial charge in [0.1, 0.15) is 5.52 Å². The second kappa shape index (κ2) is 5.20. The topological polar surface area (TPSA) is 94.1 Å². The van der Waals surface area contributed by atoms with Gasteiger partial charge in [-0.1, -0.05) is 5.16 Å². The maximum absolute atomic E-state index is 11.0. The minimum Gasteiger partial charge on any atom is -0.376 e. The van der Waals surface area contributed by atoms with Crippen molar-refractivity contribution in [2.24, 2.45) is 0 Å². The highest BCUT2D eigenvalue weighted by Gasteiger charge is 2.15. The molecule has 106 valence electrons. The quantitative estimate of drug-likeness (QED) is 0.584. The van der Waals surface area contributed by atoms with Gasteiger partial charge in [0.15, 0.2) is 5.76 Å². The molecule has 0 fully saturated rings. The van der Waals surface area contributed by atoms with Gasteiger partial charge in [0, 0.05) is 18.3 Å². The molecular weight excluding hydrogens is 272 g/mol. The smallest absolute Gasteiger partial charge is 0.278 e. The summed E-state index contributed by atoms with van der Waals surface area (Å²) in [5, 5.41) is 18.5. The molecule has 0 atom stereocenters. The highest BCUT2D eigenvalue weighted by Crippen LogP contribution is 2.29. The SMILES string of the molecule is Cc1cc(CNc2ccc([N+](=O)[O-])c3cccnc23)on1. The van der Waals surface area contributed by atoms with Crippen molar-refractivity contribution in [3.63, 3.8) is 0 Å². The second-order valence-electron chi connectivity index (χ2n) is 4.58. The zero-order valence-corrected chi connectivity index (χ0v) is 11.2. The highest BCUT2D eigenvalue weighted by atomic mass is 16.6. The van der Waals surface area contributed by atoms with Crippen molar-refractivity contribution >= 4 is 22.3 Å². The Kier molecular flexibility index (Phi) is 3.23. The van der Waals surface area contributed by atoms with Crippen LogP contribution in [0.5, 0.6) is 0 Å². The van der Waals surface area contributed by atoms with E-state index in [2.05, 4.69) is 15.5 Å². The highest BCUT2D eigenvalue weighted by molar-refractivity contribution is 5.96. The molecule has 0 bridgehead atoms. The molecule has 2 heterocycles. The molecule has 7 nitrogen and oxygen atoms in total. The Bertz CT molecular complexity index is 813. The number of benzene rings is 1. The molecule has 0 saturated heterocycles. The van der Waals surface area contributed by atoms with Gasteiger partial charge in [-0.2, -0.15) is 0 Å². The minimum atomic E-state index is -0.409. The van der Waals surface area contributed by atoms with Crippen molar-refractivity contribution in [3.05, 3.63) is 58.1 Å². The third-order valence-corrected chi connectivity index (χ3v) is 3.07. The van der Waals surface area contributed by atoms with Crippen LogP contribution in [0.2, 0.25) is 0 Å². The maximum Gasteiger partial charge on any atom is 0.278 e. The van der Waals surface area contributed by atoms with E-state index in [9.17, 15) is 10.1 Å². The predicted molar refractivity (Wildman–Crippen MR) is 77.0 cm³/mol. The van der Waals surface area contributed by atoms with Crippen molar-refractivity contribution < 1.29 is 9.45 Å². The number of nitrogens with zero attached hydrogens (tertiary/aromatic N) is 3. The van der Waals surface area contributed by atoms with Gasteiger partial charge >= 0.3 is 0 Å². The van der Waals surface area contributed by atoms with Crippen molar-refractivity contribution in [1.29, 1.82) is 0 Å². The van der Waals surface area contributed by atoms with Gasteiger partial charge in [0.2, 0.25) is 0 Å². The number of hydrogen-bond acceptors (Lipinski definition) is 6. The standard InChI is InChI=1S/C14H12N4O3/c1-9-7-10(21-17-9)8-16-12-4-5-13(18(19)20)11-3-2-6-15-14(11)12/h2-7,16H,8H2,1H3. The first-order chi connectivity index (χ1) is 10.1. The summed E-state index contributed by atoms with van der Waals surface area (Å²) in [5.74, 6) is 0.690. The van der Waals surface area contributed by atoms with Gasteiger partial charge in [0.25, 0.3) is 5.69 Å². The fourth-order valence-electron chi connectivity index (χ4n) is 2.14. The molecule has 1 N–H and O–H groups in total. The third kappa shape index (κ3) is 2.53. The van der Waals surface area contributed by atoms with Gasteiger partial charge in [-0.3, -0.25) is 15.1 Å². The molecule has 3 aromatic rings. The zero-order valence-electron chi connectivity index (χ0n) is 11.2. The Balaban J connectivity index is 1.96. The fourth-order valence-corrected chi connectivity index (χ4v) is 2.14. The van der Waals surface area contributed by atoms with Crippen LogP contribution in [-0.4, -0.2) is 15.1 Å². The van der Waals surface area contributed by atoms with Gasteiger partial charge < -0.3 is 9.84 Å². The zero-order chi connectivity index (χ0) is 14.8. The van der Waals surface area contributed by atoms with Crippen LogP contribution in [0.3, 0.4) is 0 Å². The Morgan fingerprint density at radius 2 is 2.24 bits per heavy atom. The third-order valence-electron chi connectivity index (χ3n) is 3.07. The summed E-state index contributed by atoms with van der Waals surface area (Å²) in [7, 11) is 0. The summed E-state index contributed by atoms with van der Waals surface area (Å²) in [6, 6.07) is 8.31. The fraction of sp³-hybridized carbons (Fsp3) is 0.143. The van der Waals surface area contributed by atoms with E-state index in [1.807, 2.05) is 13.0 Å². The van der Waals surface area contributed by atoms with Crippen LogP contribution in [0.4, 0.5) is 11.4 Å². The number of nitro benzene ring substituents is 1. The number of aromatic nitrogens is 2. The molecule has 7 heteroatoms. The molecule has 0 spiro atoms. The lowest BCUT2D eigenvalue weighted by molar-refractivity contribution is -0.383. The van der Waals surface area contributed by atoms with Crippen LogP contribution >= 0.6 is 0 Å². The lowest BCUT2D eigenvalue weighted by Crippen LogP contribution is -2.01. The molecule has 0 aliphatic rings.